The van der Waals surface area contributed by atoms with Gasteiger partial charge in [-0.25, -0.2) is 9.97 Å². The number of pyridine rings is 1. The van der Waals surface area contributed by atoms with Gasteiger partial charge in [0.15, 0.2) is 5.16 Å². The molecule has 2 aromatic carbocycles. The van der Waals surface area contributed by atoms with Crippen LogP contribution in [0.5, 0.6) is 5.75 Å². The zero-order valence-corrected chi connectivity index (χ0v) is 19.1. The molecule has 0 radical (unpaired) electrons. The van der Waals surface area contributed by atoms with E-state index in [0.717, 1.165) is 33.5 Å². The Morgan fingerprint density at radius 1 is 0.970 bits per heavy atom. The van der Waals surface area contributed by atoms with Gasteiger partial charge in [0.25, 0.3) is 5.56 Å². The molecular weight excluding hydrogens is 432 g/mol. The molecule has 0 fully saturated rings. The van der Waals surface area contributed by atoms with Gasteiger partial charge in [-0.2, -0.15) is 0 Å². The van der Waals surface area contributed by atoms with Crippen LogP contribution in [-0.4, -0.2) is 26.0 Å². The molecule has 0 atom stereocenters. The van der Waals surface area contributed by atoms with E-state index in [1.165, 1.54) is 11.8 Å². The summed E-state index contributed by atoms with van der Waals surface area (Å²) < 4.78 is 9.36. The molecule has 33 heavy (non-hydrogen) atoms. The molecule has 0 bridgehead atoms. The number of nitrogens with zero attached hydrogens (tertiary/aromatic N) is 4. The smallest absolute Gasteiger partial charge is 0.258 e. The first-order chi connectivity index (χ1) is 16.2. The number of methoxy groups -OCH3 is 1. The molecule has 164 valence electrons. The van der Waals surface area contributed by atoms with Gasteiger partial charge in [0.2, 0.25) is 0 Å². The van der Waals surface area contributed by atoms with Crippen molar-refractivity contribution >= 4 is 17.4 Å². The first-order valence-corrected chi connectivity index (χ1v) is 11.5. The summed E-state index contributed by atoms with van der Waals surface area (Å²) in [6, 6.07) is 25.3. The van der Waals surface area contributed by atoms with Crippen LogP contribution in [0, 0.1) is 6.92 Å². The maximum atomic E-state index is 12.7. The third-order valence-electron chi connectivity index (χ3n) is 5.41. The van der Waals surface area contributed by atoms with Gasteiger partial charge in [-0.05, 0) is 31.2 Å². The van der Waals surface area contributed by atoms with E-state index < -0.39 is 0 Å². The van der Waals surface area contributed by atoms with Gasteiger partial charge in [-0.3, -0.25) is 13.8 Å². The third kappa shape index (κ3) is 4.03. The fraction of sp³-hybridized carbons (Fsp3) is 0.115. The van der Waals surface area contributed by atoms with Crippen molar-refractivity contribution in [2.24, 2.45) is 0 Å². The van der Waals surface area contributed by atoms with Crippen LogP contribution in [0.2, 0.25) is 0 Å². The van der Waals surface area contributed by atoms with Crippen LogP contribution in [-0.2, 0) is 5.75 Å². The van der Waals surface area contributed by atoms with E-state index in [9.17, 15) is 4.79 Å². The van der Waals surface area contributed by atoms with E-state index in [2.05, 4.69) is 16.7 Å². The van der Waals surface area contributed by atoms with E-state index in [0.29, 0.717) is 17.1 Å². The minimum absolute atomic E-state index is 0.0771. The standard InChI is InChI=1S/C26H22N4O2S/c1-18-9-8-14-24-28-20(15-25(31)29(18)24)17-33-26-27-16-22(19-10-4-3-5-11-19)30(26)21-12-6-7-13-23(21)32-2/h3-16H,17H2,1-2H3. The summed E-state index contributed by atoms with van der Waals surface area (Å²) >= 11 is 1.54. The number of aromatic nitrogens is 4. The summed E-state index contributed by atoms with van der Waals surface area (Å²) in [6.07, 6.45) is 1.87. The SMILES string of the molecule is COc1ccccc1-n1c(-c2ccccc2)cnc1SCc1cc(=O)n2c(C)cccc2n1. The van der Waals surface area contributed by atoms with Gasteiger partial charge in [-0.1, -0.05) is 60.3 Å². The van der Waals surface area contributed by atoms with Crippen LogP contribution in [0.1, 0.15) is 11.4 Å². The van der Waals surface area contributed by atoms with Crippen LogP contribution >= 0.6 is 11.8 Å². The highest BCUT2D eigenvalue weighted by atomic mass is 32.2. The van der Waals surface area contributed by atoms with E-state index in [4.69, 9.17) is 14.7 Å². The van der Waals surface area contributed by atoms with Crippen molar-refractivity contribution in [2.75, 3.05) is 7.11 Å². The molecule has 0 spiro atoms. The van der Waals surface area contributed by atoms with Gasteiger partial charge < -0.3 is 4.74 Å². The largest absolute Gasteiger partial charge is 0.495 e. The average Bonchev–Trinajstić information content (AvgIpc) is 3.27. The normalized spacial score (nSPS) is 11.1. The Labute approximate surface area is 195 Å². The van der Waals surface area contributed by atoms with Crippen LogP contribution in [0.15, 0.2) is 95.0 Å². The van der Waals surface area contributed by atoms with Gasteiger partial charge in [0.05, 0.1) is 30.4 Å². The quantitative estimate of drug-likeness (QED) is 0.332. The first-order valence-electron chi connectivity index (χ1n) is 10.5. The molecule has 7 heteroatoms. The van der Waals surface area contributed by atoms with E-state index in [1.54, 1.807) is 17.6 Å². The van der Waals surface area contributed by atoms with E-state index in [1.807, 2.05) is 73.8 Å². The number of para-hydroxylation sites is 2. The molecule has 5 aromatic rings. The van der Waals surface area contributed by atoms with E-state index in [-0.39, 0.29) is 5.56 Å². The highest BCUT2D eigenvalue weighted by Crippen LogP contribution is 2.34. The molecule has 0 aliphatic rings. The number of imidazole rings is 1. The Kier molecular flexibility index (Phi) is 5.71. The summed E-state index contributed by atoms with van der Waals surface area (Å²) in [7, 11) is 1.67. The van der Waals surface area contributed by atoms with Crippen molar-refractivity contribution in [1.82, 2.24) is 18.9 Å². The van der Waals surface area contributed by atoms with Gasteiger partial charge in [0, 0.05) is 23.1 Å². The van der Waals surface area contributed by atoms with Crippen molar-refractivity contribution in [3.8, 4) is 22.7 Å². The van der Waals surface area contributed by atoms with Gasteiger partial charge >= 0.3 is 0 Å². The second-order valence-corrected chi connectivity index (χ2v) is 8.48. The minimum Gasteiger partial charge on any atom is -0.495 e. The topological polar surface area (TPSA) is 61.4 Å². The Bertz CT molecular complexity index is 1490. The number of thioether (sulfide) groups is 1. The highest BCUT2D eigenvalue weighted by Gasteiger charge is 2.17. The zero-order chi connectivity index (χ0) is 22.8. The lowest BCUT2D eigenvalue weighted by Crippen LogP contribution is -2.17. The number of aryl methyl sites for hydroxylation is 1. The van der Waals surface area contributed by atoms with Crippen molar-refractivity contribution in [1.29, 1.82) is 0 Å². The molecule has 0 unspecified atom stereocenters. The summed E-state index contributed by atoms with van der Waals surface area (Å²) in [6.45, 7) is 1.90. The Morgan fingerprint density at radius 2 is 1.76 bits per heavy atom. The number of hydrogen-bond acceptors (Lipinski definition) is 5. The summed E-state index contributed by atoms with van der Waals surface area (Å²) in [5.41, 5.74) is 5.07. The van der Waals surface area contributed by atoms with Crippen molar-refractivity contribution in [2.45, 2.75) is 17.8 Å². The number of hydrogen-bond donors (Lipinski definition) is 0. The number of ether oxygens (including phenoxy) is 1. The lowest BCUT2D eigenvalue weighted by atomic mass is 10.1. The Hall–Kier alpha value is -3.84. The van der Waals surface area contributed by atoms with Gasteiger partial charge in [0.1, 0.15) is 11.4 Å². The lowest BCUT2D eigenvalue weighted by molar-refractivity contribution is 0.412. The maximum Gasteiger partial charge on any atom is 0.258 e. The van der Waals surface area contributed by atoms with Crippen LogP contribution < -0.4 is 10.3 Å². The molecule has 3 heterocycles. The van der Waals surface area contributed by atoms with Crippen molar-refractivity contribution in [3.63, 3.8) is 0 Å². The molecule has 5 rings (SSSR count). The monoisotopic (exact) mass is 454 g/mol. The molecule has 0 amide bonds. The molecule has 0 aliphatic carbocycles. The van der Waals surface area contributed by atoms with Crippen LogP contribution in [0.25, 0.3) is 22.6 Å². The fourth-order valence-electron chi connectivity index (χ4n) is 3.87. The van der Waals surface area contributed by atoms with Crippen LogP contribution in [0.3, 0.4) is 0 Å². The Balaban J connectivity index is 1.56. The third-order valence-corrected chi connectivity index (χ3v) is 6.39. The summed E-state index contributed by atoms with van der Waals surface area (Å²) in [5, 5.41) is 0.796. The lowest BCUT2D eigenvalue weighted by Gasteiger charge is -2.15. The molecular formula is C26H22N4O2S. The second-order valence-electron chi connectivity index (χ2n) is 7.53. The average molecular weight is 455 g/mol. The minimum atomic E-state index is -0.0771. The molecule has 0 saturated heterocycles. The molecule has 3 aromatic heterocycles. The molecule has 0 saturated carbocycles. The zero-order valence-electron chi connectivity index (χ0n) is 18.3. The Morgan fingerprint density at radius 3 is 2.58 bits per heavy atom. The molecule has 0 N–H and O–H groups in total. The van der Waals surface area contributed by atoms with Gasteiger partial charge in [-0.15, -0.1) is 0 Å². The van der Waals surface area contributed by atoms with Crippen LogP contribution in [0.4, 0.5) is 0 Å². The number of benzene rings is 2. The van der Waals surface area contributed by atoms with Crippen molar-refractivity contribution < 1.29 is 4.74 Å². The predicted molar refractivity (Wildman–Crippen MR) is 131 cm³/mol. The fourth-order valence-corrected chi connectivity index (χ4v) is 4.75. The molecule has 0 aliphatic heterocycles. The summed E-state index contributed by atoms with van der Waals surface area (Å²) in [5.74, 6) is 1.27. The highest BCUT2D eigenvalue weighted by molar-refractivity contribution is 7.98. The molecule has 6 nitrogen and oxygen atoms in total. The predicted octanol–water partition coefficient (Wildman–Crippen LogP) is 5.16. The first kappa shape index (κ1) is 21.0. The second kappa shape index (κ2) is 8.96. The van der Waals surface area contributed by atoms with E-state index >= 15 is 0 Å². The van der Waals surface area contributed by atoms with Crippen molar-refractivity contribution in [3.05, 3.63) is 107 Å². The maximum absolute atomic E-state index is 12.7. The number of rotatable bonds is 6. The summed E-state index contributed by atoms with van der Waals surface area (Å²) in [4.78, 5) is 22.1. The number of fused-ring (bicyclic) bond motifs is 1.